The SMILES string of the molecule is C[C@H]1OCCN[C@@H]1C(=O)NCc1ccc(C(C)(C)C)cc1.Cl. The summed E-state index contributed by atoms with van der Waals surface area (Å²) in [5.41, 5.74) is 2.56. The Morgan fingerprint density at radius 3 is 2.50 bits per heavy atom. The Labute approximate surface area is 139 Å². The molecule has 2 N–H and O–H groups in total. The summed E-state index contributed by atoms with van der Waals surface area (Å²) in [5, 5.41) is 6.17. The van der Waals surface area contributed by atoms with Gasteiger partial charge in [-0.2, -0.15) is 0 Å². The van der Waals surface area contributed by atoms with Crippen LogP contribution in [0.2, 0.25) is 0 Å². The topological polar surface area (TPSA) is 50.4 Å². The van der Waals surface area contributed by atoms with Crippen LogP contribution in [0.25, 0.3) is 0 Å². The molecule has 2 rings (SSSR count). The smallest absolute Gasteiger partial charge is 0.240 e. The largest absolute Gasteiger partial charge is 0.375 e. The van der Waals surface area contributed by atoms with Crippen molar-refractivity contribution in [1.82, 2.24) is 10.6 Å². The predicted octanol–water partition coefficient (Wildman–Crippen LogP) is 2.40. The molecule has 2 atom stereocenters. The van der Waals surface area contributed by atoms with Crippen LogP contribution in [0, 0.1) is 0 Å². The molecule has 1 amide bonds. The molecule has 124 valence electrons. The second kappa shape index (κ2) is 7.95. The Morgan fingerprint density at radius 2 is 1.95 bits per heavy atom. The lowest BCUT2D eigenvalue weighted by atomic mass is 9.87. The van der Waals surface area contributed by atoms with Gasteiger partial charge in [-0.3, -0.25) is 4.79 Å². The van der Waals surface area contributed by atoms with Crippen LogP contribution in [-0.2, 0) is 21.5 Å². The van der Waals surface area contributed by atoms with Crippen molar-refractivity contribution < 1.29 is 9.53 Å². The maximum Gasteiger partial charge on any atom is 0.240 e. The van der Waals surface area contributed by atoms with Crippen molar-refractivity contribution >= 4 is 18.3 Å². The number of ether oxygens (including phenoxy) is 1. The molecule has 5 heteroatoms. The molecule has 0 aliphatic carbocycles. The monoisotopic (exact) mass is 326 g/mol. The van der Waals surface area contributed by atoms with Crippen LogP contribution in [0.15, 0.2) is 24.3 Å². The van der Waals surface area contributed by atoms with Gasteiger partial charge < -0.3 is 15.4 Å². The summed E-state index contributed by atoms with van der Waals surface area (Å²) in [6.45, 7) is 10.4. The third-order valence-electron chi connectivity index (χ3n) is 3.89. The summed E-state index contributed by atoms with van der Waals surface area (Å²) in [5.74, 6) is 0.00194. The maximum atomic E-state index is 12.2. The first-order valence-corrected chi connectivity index (χ1v) is 7.60. The summed E-state index contributed by atoms with van der Waals surface area (Å²) in [6.07, 6.45) is -0.0815. The van der Waals surface area contributed by atoms with Crippen LogP contribution < -0.4 is 10.6 Å². The fourth-order valence-corrected chi connectivity index (χ4v) is 2.45. The van der Waals surface area contributed by atoms with Crippen LogP contribution in [0.5, 0.6) is 0 Å². The minimum absolute atomic E-state index is 0. The van der Waals surface area contributed by atoms with Crippen molar-refractivity contribution in [3.63, 3.8) is 0 Å². The number of nitrogens with one attached hydrogen (secondary N) is 2. The number of carbonyl (C=O) groups excluding carboxylic acids is 1. The zero-order chi connectivity index (χ0) is 15.5. The van der Waals surface area contributed by atoms with Crippen molar-refractivity contribution in [3.8, 4) is 0 Å². The summed E-state index contributed by atoms with van der Waals surface area (Å²) in [4.78, 5) is 12.2. The zero-order valence-corrected chi connectivity index (χ0v) is 14.6. The van der Waals surface area contributed by atoms with Gasteiger partial charge in [0.2, 0.25) is 5.91 Å². The molecule has 0 unspecified atom stereocenters. The van der Waals surface area contributed by atoms with E-state index in [-0.39, 0.29) is 35.9 Å². The van der Waals surface area contributed by atoms with Gasteiger partial charge in [-0.25, -0.2) is 0 Å². The molecule has 0 radical (unpaired) electrons. The number of hydrogen-bond acceptors (Lipinski definition) is 3. The van der Waals surface area contributed by atoms with E-state index in [1.807, 2.05) is 6.92 Å². The van der Waals surface area contributed by atoms with E-state index in [0.717, 1.165) is 12.1 Å². The maximum absolute atomic E-state index is 12.2. The molecule has 1 saturated heterocycles. The highest BCUT2D eigenvalue weighted by Gasteiger charge is 2.27. The van der Waals surface area contributed by atoms with E-state index in [9.17, 15) is 4.79 Å². The molecular formula is C17H27ClN2O2. The Hall–Kier alpha value is -1.10. The molecule has 22 heavy (non-hydrogen) atoms. The highest BCUT2D eigenvalue weighted by Crippen LogP contribution is 2.22. The van der Waals surface area contributed by atoms with Gasteiger partial charge in [-0.15, -0.1) is 12.4 Å². The van der Waals surface area contributed by atoms with Crippen LogP contribution in [0.1, 0.15) is 38.8 Å². The Balaban J connectivity index is 0.00000242. The van der Waals surface area contributed by atoms with Gasteiger partial charge in [0.1, 0.15) is 6.04 Å². The van der Waals surface area contributed by atoms with Crippen molar-refractivity contribution in [1.29, 1.82) is 0 Å². The number of carbonyl (C=O) groups is 1. The second-order valence-electron chi connectivity index (χ2n) is 6.67. The number of amides is 1. The van der Waals surface area contributed by atoms with Crippen LogP contribution >= 0.6 is 12.4 Å². The Bertz CT molecular complexity index is 482. The van der Waals surface area contributed by atoms with E-state index < -0.39 is 0 Å². The van der Waals surface area contributed by atoms with E-state index in [2.05, 4.69) is 55.7 Å². The highest BCUT2D eigenvalue weighted by atomic mass is 35.5. The van der Waals surface area contributed by atoms with Gasteiger partial charge in [-0.05, 0) is 23.5 Å². The first-order chi connectivity index (χ1) is 9.88. The van der Waals surface area contributed by atoms with E-state index >= 15 is 0 Å². The van der Waals surface area contributed by atoms with E-state index in [4.69, 9.17) is 4.74 Å². The van der Waals surface area contributed by atoms with Crippen LogP contribution in [-0.4, -0.2) is 31.2 Å². The van der Waals surface area contributed by atoms with Gasteiger partial charge in [0.25, 0.3) is 0 Å². The van der Waals surface area contributed by atoms with Crippen molar-refractivity contribution in [2.24, 2.45) is 0 Å². The third-order valence-corrected chi connectivity index (χ3v) is 3.89. The Kier molecular flexibility index (Phi) is 6.85. The number of morpholine rings is 1. The summed E-state index contributed by atoms with van der Waals surface area (Å²) < 4.78 is 5.49. The molecule has 4 nitrogen and oxygen atoms in total. The predicted molar refractivity (Wildman–Crippen MR) is 91.4 cm³/mol. The number of benzene rings is 1. The third kappa shape index (κ3) is 4.97. The fraction of sp³-hybridized carbons (Fsp3) is 0.588. The molecular weight excluding hydrogens is 300 g/mol. The van der Waals surface area contributed by atoms with Crippen molar-refractivity contribution in [2.45, 2.75) is 51.8 Å². The van der Waals surface area contributed by atoms with Gasteiger partial charge in [0.15, 0.2) is 0 Å². The normalized spacial score (nSPS) is 21.8. The second-order valence-corrected chi connectivity index (χ2v) is 6.67. The van der Waals surface area contributed by atoms with Crippen molar-refractivity contribution in [3.05, 3.63) is 35.4 Å². The molecule has 0 aromatic heterocycles. The number of halogens is 1. The minimum atomic E-state index is -0.257. The Morgan fingerprint density at radius 1 is 1.32 bits per heavy atom. The summed E-state index contributed by atoms with van der Waals surface area (Å²) in [6, 6.07) is 8.16. The quantitative estimate of drug-likeness (QED) is 0.896. The minimum Gasteiger partial charge on any atom is -0.375 e. The lowest BCUT2D eigenvalue weighted by Gasteiger charge is -2.29. The molecule has 1 heterocycles. The molecule has 1 aromatic rings. The van der Waals surface area contributed by atoms with Crippen molar-refractivity contribution in [2.75, 3.05) is 13.2 Å². The van der Waals surface area contributed by atoms with E-state index in [0.29, 0.717) is 13.2 Å². The average Bonchev–Trinajstić information content (AvgIpc) is 2.45. The van der Waals surface area contributed by atoms with E-state index in [1.165, 1.54) is 5.56 Å². The van der Waals surface area contributed by atoms with Gasteiger partial charge in [0.05, 0.1) is 12.7 Å². The summed E-state index contributed by atoms with van der Waals surface area (Å²) in [7, 11) is 0. The molecule has 1 aromatic carbocycles. The van der Waals surface area contributed by atoms with E-state index in [1.54, 1.807) is 0 Å². The first-order valence-electron chi connectivity index (χ1n) is 7.60. The molecule has 1 aliphatic heterocycles. The van der Waals surface area contributed by atoms with Gasteiger partial charge >= 0.3 is 0 Å². The standard InChI is InChI=1S/C17H26N2O2.ClH/c1-12-15(18-9-10-21-12)16(20)19-11-13-5-7-14(8-6-13)17(2,3)4;/h5-8,12,15,18H,9-11H2,1-4H3,(H,19,20);1H/t12-,15+;/m1./s1. The van der Waals surface area contributed by atoms with Crippen LogP contribution in [0.4, 0.5) is 0 Å². The summed E-state index contributed by atoms with van der Waals surface area (Å²) >= 11 is 0. The fourth-order valence-electron chi connectivity index (χ4n) is 2.45. The number of rotatable bonds is 3. The molecule has 0 bridgehead atoms. The van der Waals surface area contributed by atoms with Gasteiger partial charge in [-0.1, -0.05) is 45.0 Å². The zero-order valence-electron chi connectivity index (χ0n) is 13.8. The molecule has 1 aliphatic rings. The average molecular weight is 327 g/mol. The molecule has 0 saturated carbocycles. The van der Waals surface area contributed by atoms with Crippen LogP contribution in [0.3, 0.4) is 0 Å². The molecule has 0 spiro atoms. The molecule has 1 fully saturated rings. The lowest BCUT2D eigenvalue weighted by Crippen LogP contribution is -2.55. The number of hydrogen-bond donors (Lipinski definition) is 2. The highest BCUT2D eigenvalue weighted by molar-refractivity contribution is 5.85. The van der Waals surface area contributed by atoms with Gasteiger partial charge in [0, 0.05) is 13.1 Å². The first kappa shape index (κ1) is 18.9. The lowest BCUT2D eigenvalue weighted by molar-refractivity contribution is -0.129.